The predicted molar refractivity (Wildman–Crippen MR) is 93.3 cm³/mol. The Morgan fingerprint density at radius 1 is 0.846 bits per heavy atom. The third-order valence-corrected chi connectivity index (χ3v) is 5.41. The molecule has 1 saturated heterocycles. The molecule has 26 heavy (non-hydrogen) atoms. The van der Waals surface area contributed by atoms with Crippen LogP contribution >= 0.6 is 0 Å². The number of aromatic nitrogens is 2. The minimum atomic E-state index is -0.159. The second-order valence-electron chi connectivity index (χ2n) is 7.05. The van der Waals surface area contributed by atoms with Gasteiger partial charge in [-0.3, -0.25) is 0 Å². The Morgan fingerprint density at radius 3 is 2.38 bits per heavy atom. The van der Waals surface area contributed by atoms with E-state index in [1.807, 2.05) is 30.3 Å². The zero-order valence-corrected chi connectivity index (χ0v) is 14.2. The quantitative estimate of drug-likeness (QED) is 0.683. The van der Waals surface area contributed by atoms with Crippen molar-refractivity contribution in [2.45, 2.75) is 36.7 Å². The Morgan fingerprint density at radius 2 is 1.58 bits per heavy atom. The van der Waals surface area contributed by atoms with Crippen molar-refractivity contribution >= 4 is 0 Å². The molecular formula is C21H19FN2O2. The number of ether oxygens (including phenoxy) is 1. The van der Waals surface area contributed by atoms with Gasteiger partial charge in [-0.05, 0) is 36.0 Å². The summed E-state index contributed by atoms with van der Waals surface area (Å²) in [7, 11) is 0. The summed E-state index contributed by atoms with van der Waals surface area (Å²) in [5, 5.41) is 8.56. The molecule has 0 radical (unpaired) electrons. The molecular weight excluding hydrogens is 331 g/mol. The molecule has 1 aliphatic heterocycles. The molecule has 132 valence electrons. The molecule has 0 amide bonds. The number of rotatable bonds is 4. The molecule has 0 bridgehead atoms. The maximum Gasteiger partial charge on any atom is 0.222 e. The van der Waals surface area contributed by atoms with Crippen LogP contribution in [0.2, 0.25) is 0 Å². The summed E-state index contributed by atoms with van der Waals surface area (Å²) < 4.78 is 25.9. The van der Waals surface area contributed by atoms with Crippen LogP contribution in [-0.2, 0) is 4.74 Å². The fourth-order valence-electron chi connectivity index (χ4n) is 3.95. The van der Waals surface area contributed by atoms with Crippen molar-refractivity contribution in [1.82, 2.24) is 10.2 Å². The van der Waals surface area contributed by atoms with Crippen LogP contribution in [0.3, 0.4) is 0 Å². The van der Waals surface area contributed by atoms with Gasteiger partial charge in [-0.25, -0.2) is 4.39 Å². The summed E-state index contributed by atoms with van der Waals surface area (Å²) in [5.74, 6) is 1.41. The van der Waals surface area contributed by atoms with Crippen LogP contribution in [0.1, 0.15) is 59.6 Å². The van der Waals surface area contributed by atoms with E-state index >= 15 is 0 Å². The van der Waals surface area contributed by atoms with Crippen molar-refractivity contribution in [3.8, 4) is 0 Å². The first-order chi connectivity index (χ1) is 12.8. The summed E-state index contributed by atoms with van der Waals surface area (Å²) in [5.41, 5.74) is 1.87. The van der Waals surface area contributed by atoms with E-state index in [9.17, 15) is 4.39 Å². The smallest absolute Gasteiger partial charge is 0.222 e. The van der Waals surface area contributed by atoms with Gasteiger partial charge in [0.25, 0.3) is 0 Å². The van der Waals surface area contributed by atoms with E-state index in [-0.39, 0.29) is 29.7 Å². The Hall–Kier alpha value is -2.53. The molecule has 2 fully saturated rings. The molecule has 0 N–H and O–H groups in total. The van der Waals surface area contributed by atoms with Gasteiger partial charge >= 0.3 is 0 Å². The number of hydrogen-bond acceptors (Lipinski definition) is 4. The normalized spacial score (nSPS) is 27.6. The van der Waals surface area contributed by atoms with E-state index in [4.69, 9.17) is 9.15 Å². The monoisotopic (exact) mass is 350 g/mol. The van der Waals surface area contributed by atoms with Crippen LogP contribution in [0.5, 0.6) is 0 Å². The molecule has 4 nitrogen and oxygen atoms in total. The molecule has 0 spiro atoms. The van der Waals surface area contributed by atoms with Crippen molar-refractivity contribution in [3.63, 3.8) is 0 Å². The lowest BCUT2D eigenvalue weighted by molar-refractivity contribution is 0.0997. The molecule has 2 aromatic carbocycles. The highest BCUT2D eigenvalue weighted by molar-refractivity contribution is 5.32. The van der Waals surface area contributed by atoms with E-state index in [0.717, 1.165) is 24.0 Å². The Kier molecular flexibility index (Phi) is 3.82. The van der Waals surface area contributed by atoms with Crippen molar-refractivity contribution in [2.24, 2.45) is 0 Å². The van der Waals surface area contributed by atoms with Gasteiger partial charge in [0.05, 0.1) is 12.0 Å². The van der Waals surface area contributed by atoms with Crippen LogP contribution in [0, 0.1) is 5.82 Å². The third-order valence-electron chi connectivity index (χ3n) is 5.41. The van der Waals surface area contributed by atoms with Gasteiger partial charge in [0, 0.05) is 12.5 Å². The highest BCUT2D eigenvalue weighted by Crippen LogP contribution is 2.55. The SMILES string of the molecule is Fc1ccccc1[C@H]1C[C@H]1c1nnc([C@H]2CCO[C@@H]2c2ccccc2)o1. The average Bonchev–Trinajstić information content (AvgIpc) is 3.08. The Bertz CT molecular complexity index is 911. The van der Waals surface area contributed by atoms with Crippen molar-refractivity contribution in [3.05, 3.63) is 83.3 Å². The Balaban J connectivity index is 1.36. The van der Waals surface area contributed by atoms with Crippen molar-refractivity contribution in [1.29, 1.82) is 0 Å². The van der Waals surface area contributed by atoms with E-state index in [1.54, 1.807) is 6.07 Å². The zero-order valence-electron chi connectivity index (χ0n) is 14.2. The summed E-state index contributed by atoms with van der Waals surface area (Å²) in [6.45, 7) is 0.684. The molecule has 5 heteroatoms. The topological polar surface area (TPSA) is 48.2 Å². The van der Waals surface area contributed by atoms with Gasteiger partial charge in [-0.1, -0.05) is 48.5 Å². The van der Waals surface area contributed by atoms with Gasteiger partial charge < -0.3 is 9.15 Å². The van der Waals surface area contributed by atoms with Crippen LogP contribution in [0.25, 0.3) is 0 Å². The molecule has 3 aromatic rings. The minimum absolute atomic E-state index is 0.0499. The second kappa shape index (κ2) is 6.32. The minimum Gasteiger partial charge on any atom is -0.425 e. The lowest BCUT2D eigenvalue weighted by Crippen LogP contribution is -2.06. The second-order valence-corrected chi connectivity index (χ2v) is 7.05. The number of nitrogens with zero attached hydrogens (tertiary/aromatic N) is 2. The zero-order chi connectivity index (χ0) is 17.5. The number of halogens is 1. The molecule has 2 aliphatic rings. The van der Waals surface area contributed by atoms with Gasteiger partial charge in [-0.2, -0.15) is 0 Å². The lowest BCUT2D eigenvalue weighted by atomic mass is 9.95. The van der Waals surface area contributed by atoms with E-state index in [0.29, 0.717) is 18.4 Å². The fraction of sp³-hybridized carbons (Fsp3) is 0.333. The summed E-state index contributed by atoms with van der Waals surface area (Å²) in [6.07, 6.45) is 1.67. The number of benzene rings is 2. The van der Waals surface area contributed by atoms with Gasteiger partial charge in [0.15, 0.2) is 0 Å². The van der Waals surface area contributed by atoms with E-state index < -0.39 is 0 Å². The highest BCUT2D eigenvalue weighted by atomic mass is 19.1. The van der Waals surface area contributed by atoms with E-state index in [2.05, 4.69) is 22.3 Å². The van der Waals surface area contributed by atoms with Gasteiger partial charge in [0.2, 0.25) is 11.8 Å². The van der Waals surface area contributed by atoms with Crippen LogP contribution in [0.4, 0.5) is 4.39 Å². The van der Waals surface area contributed by atoms with E-state index in [1.165, 1.54) is 6.07 Å². The highest BCUT2D eigenvalue weighted by Gasteiger charge is 2.45. The van der Waals surface area contributed by atoms with Crippen LogP contribution in [-0.4, -0.2) is 16.8 Å². The average molecular weight is 350 g/mol. The molecule has 1 aliphatic carbocycles. The lowest BCUT2D eigenvalue weighted by Gasteiger charge is -2.15. The van der Waals surface area contributed by atoms with Crippen LogP contribution in [0.15, 0.2) is 59.0 Å². The van der Waals surface area contributed by atoms with Crippen LogP contribution < -0.4 is 0 Å². The first-order valence-electron chi connectivity index (χ1n) is 9.05. The van der Waals surface area contributed by atoms with Gasteiger partial charge in [-0.15, -0.1) is 10.2 Å². The molecule has 0 unspecified atom stereocenters. The third kappa shape index (κ3) is 2.72. The Labute approximate surface area is 151 Å². The maximum absolute atomic E-state index is 14.0. The summed E-state index contributed by atoms with van der Waals surface area (Å²) in [4.78, 5) is 0. The maximum atomic E-state index is 14.0. The molecule has 1 aromatic heterocycles. The predicted octanol–water partition coefficient (Wildman–Crippen LogP) is 4.73. The first-order valence-corrected chi connectivity index (χ1v) is 9.05. The van der Waals surface area contributed by atoms with Gasteiger partial charge in [0.1, 0.15) is 5.82 Å². The van der Waals surface area contributed by atoms with Crippen molar-refractivity contribution < 1.29 is 13.5 Å². The fourth-order valence-corrected chi connectivity index (χ4v) is 3.95. The standard InChI is InChI=1S/C21H19FN2O2/c22-18-9-5-4-8-14(18)16-12-17(16)21-24-23-20(26-21)15-10-11-25-19(15)13-6-2-1-3-7-13/h1-9,15-17,19H,10-12H2/t15-,16+,17+,19+/m0/s1. The first kappa shape index (κ1) is 15.7. The number of hydrogen-bond donors (Lipinski definition) is 0. The summed E-state index contributed by atoms with van der Waals surface area (Å²) >= 11 is 0. The molecule has 5 rings (SSSR count). The molecule has 1 saturated carbocycles. The summed E-state index contributed by atoms with van der Waals surface area (Å²) in [6, 6.07) is 17.1. The molecule has 4 atom stereocenters. The largest absolute Gasteiger partial charge is 0.425 e. The van der Waals surface area contributed by atoms with Crippen molar-refractivity contribution in [2.75, 3.05) is 6.61 Å². The molecule has 2 heterocycles.